The highest BCUT2D eigenvalue weighted by atomic mass is 127. The number of halogens is 3. The zero-order valence-corrected chi connectivity index (χ0v) is 18.9. The van der Waals surface area contributed by atoms with Crippen LogP contribution in [0.5, 0.6) is 17.2 Å². The van der Waals surface area contributed by atoms with Gasteiger partial charge in [-0.25, -0.2) is 4.99 Å². The molecule has 0 bridgehead atoms. The molecule has 29 heavy (non-hydrogen) atoms. The minimum atomic E-state index is -2.87. The molecule has 0 aliphatic carbocycles. The summed E-state index contributed by atoms with van der Waals surface area (Å²) in [6.07, 6.45) is 0. The number of nitrogens with one attached hydrogen (secondary N) is 2. The maximum atomic E-state index is 12.5. The van der Waals surface area contributed by atoms with E-state index in [9.17, 15) is 8.78 Å². The van der Waals surface area contributed by atoms with Crippen LogP contribution >= 0.6 is 24.0 Å². The number of rotatable bonds is 9. The van der Waals surface area contributed by atoms with E-state index in [1.165, 1.54) is 6.07 Å². The molecule has 0 atom stereocenters. The fraction of sp³-hybridized carbons (Fsp3) is 0.350. The standard InChI is InChI=1S/C20H25F2N3O3.HI/c1-4-23-20(24-12-14-9-10-17(26-2)18(11-14)27-3)25-13-15-7-5-6-8-16(15)28-19(21)22;/h5-11,19H,4,12-13H2,1-3H3,(H2,23,24,25);1H. The number of guanidine groups is 1. The van der Waals surface area contributed by atoms with Gasteiger partial charge in [0.2, 0.25) is 0 Å². The van der Waals surface area contributed by atoms with Crippen LogP contribution in [0.2, 0.25) is 0 Å². The van der Waals surface area contributed by atoms with Gasteiger partial charge in [0.15, 0.2) is 17.5 Å². The van der Waals surface area contributed by atoms with Gasteiger partial charge in [-0.3, -0.25) is 0 Å². The lowest BCUT2D eigenvalue weighted by Crippen LogP contribution is -2.36. The monoisotopic (exact) mass is 521 g/mol. The molecular formula is C20H26F2IN3O3. The van der Waals surface area contributed by atoms with Gasteiger partial charge in [-0.2, -0.15) is 8.78 Å². The van der Waals surface area contributed by atoms with Gasteiger partial charge >= 0.3 is 6.61 Å². The molecule has 9 heteroatoms. The van der Waals surface area contributed by atoms with Crippen molar-refractivity contribution in [1.29, 1.82) is 0 Å². The summed E-state index contributed by atoms with van der Waals surface area (Å²) in [7, 11) is 3.16. The first kappa shape index (κ1) is 24.7. The normalized spacial score (nSPS) is 10.9. The average molecular weight is 521 g/mol. The number of nitrogens with zero attached hydrogens (tertiary/aromatic N) is 1. The number of hydrogen-bond acceptors (Lipinski definition) is 4. The molecule has 0 saturated carbocycles. The highest BCUT2D eigenvalue weighted by Crippen LogP contribution is 2.27. The fourth-order valence-corrected chi connectivity index (χ4v) is 2.53. The van der Waals surface area contributed by atoms with Crippen LogP contribution in [-0.4, -0.2) is 33.3 Å². The third kappa shape index (κ3) is 7.92. The summed E-state index contributed by atoms with van der Waals surface area (Å²) in [6, 6.07) is 12.2. The van der Waals surface area contributed by atoms with Gasteiger partial charge in [0.1, 0.15) is 5.75 Å². The Hall–Kier alpha value is -2.30. The topological polar surface area (TPSA) is 64.1 Å². The van der Waals surface area contributed by atoms with Crippen LogP contribution in [-0.2, 0) is 13.1 Å². The maximum absolute atomic E-state index is 12.5. The van der Waals surface area contributed by atoms with Gasteiger partial charge in [0.05, 0.1) is 20.8 Å². The maximum Gasteiger partial charge on any atom is 0.387 e. The van der Waals surface area contributed by atoms with Crippen molar-refractivity contribution in [1.82, 2.24) is 10.6 Å². The van der Waals surface area contributed by atoms with Gasteiger partial charge in [-0.15, -0.1) is 24.0 Å². The van der Waals surface area contributed by atoms with E-state index in [1.807, 2.05) is 25.1 Å². The van der Waals surface area contributed by atoms with Crippen molar-refractivity contribution in [2.45, 2.75) is 26.6 Å². The van der Waals surface area contributed by atoms with Crippen LogP contribution in [0.4, 0.5) is 8.78 Å². The van der Waals surface area contributed by atoms with Crippen molar-refractivity contribution in [3.8, 4) is 17.2 Å². The molecule has 0 saturated heterocycles. The number of para-hydroxylation sites is 1. The van der Waals surface area contributed by atoms with Crippen molar-refractivity contribution >= 4 is 29.9 Å². The molecule has 0 spiro atoms. The number of ether oxygens (including phenoxy) is 3. The summed E-state index contributed by atoms with van der Waals surface area (Å²) >= 11 is 0. The third-order valence-electron chi connectivity index (χ3n) is 3.85. The Morgan fingerprint density at radius 1 is 1.00 bits per heavy atom. The Morgan fingerprint density at radius 3 is 2.38 bits per heavy atom. The van der Waals surface area contributed by atoms with Crippen molar-refractivity contribution in [3.05, 3.63) is 53.6 Å². The fourth-order valence-electron chi connectivity index (χ4n) is 2.53. The lowest BCUT2D eigenvalue weighted by molar-refractivity contribution is -0.0504. The Labute approximate surface area is 186 Å². The van der Waals surface area contributed by atoms with Crippen LogP contribution < -0.4 is 24.8 Å². The lowest BCUT2D eigenvalue weighted by Gasteiger charge is -2.14. The molecule has 0 fully saturated rings. The zero-order valence-electron chi connectivity index (χ0n) is 16.6. The lowest BCUT2D eigenvalue weighted by atomic mass is 10.2. The highest BCUT2D eigenvalue weighted by molar-refractivity contribution is 14.0. The van der Waals surface area contributed by atoms with Crippen molar-refractivity contribution in [2.75, 3.05) is 20.8 Å². The summed E-state index contributed by atoms with van der Waals surface area (Å²) in [6.45, 7) is 0.438. The van der Waals surface area contributed by atoms with E-state index in [4.69, 9.17) is 9.47 Å². The molecule has 0 aliphatic heterocycles. The smallest absolute Gasteiger partial charge is 0.387 e. The minimum Gasteiger partial charge on any atom is -0.493 e. The summed E-state index contributed by atoms with van der Waals surface area (Å²) in [5.74, 6) is 1.98. The van der Waals surface area contributed by atoms with Crippen LogP contribution in [0.3, 0.4) is 0 Å². The first-order valence-corrected chi connectivity index (χ1v) is 8.83. The van der Waals surface area contributed by atoms with E-state index >= 15 is 0 Å². The Bertz CT molecular complexity index is 791. The molecule has 0 radical (unpaired) electrons. The number of methoxy groups -OCH3 is 2. The van der Waals surface area contributed by atoms with Gasteiger partial charge in [-0.1, -0.05) is 24.3 Å². The SMILES string of the molecule is CCNC(=NCc1ccc(OC)c(OC)c1)NCc1ccccc1OC(F)F.I. The largest absolute Gasteiger partial charge is 0.493 e. The molecule has 2 aromatic rings. The van der Waals surface area contributed by atoms with Crippen LogP contribution in [0.15, 0.2) is 47.5 Å². The molecular weight excluding hydrogens is 495 g/mol. The predicted octanol–water partition coefficient (Wildman–Crippen LogP) is 4.18. The minimum absolute atomic E-state index is 0. The molecule has 2 N–H and O–H groups in total. The Balaban J connectivity index is 0.00000420. The van der Waals surface area contributed by atoms with E-state index in [-0.39, 0.29) is 29.7 Å². The van der Waals surface area contributed by atoms with Gasteiger partial charge < -0.3 is 24.8 Å². The van der Waals surface area contributed by atoms with Crippen LogP contribution in [0.25, 0.3) is 0 Å². The molecule has 0 heterocycles. The molecule has 160 valence electrons. The van der Waals surface area contributed by atoms with Crippen LogP contribution in [0, 0.1) is 0 Å². The number of hydrogen-bond donors (Lipinski definition) is 2. The van der Waals surface area contributed by atoms with E-state index in [0.29, 0.717) is 42.7 Å². The molecule has 0 unspecified atom stereocenters. The summed E-state index contributed by atoms with van der Waals surface area (Å²) in [5.41, 5.74) is 1.55. The average Bonchev–Trinajstić information content (AvgIpc) is 2.70. The summed E-state index contributed by atoms with van der Waals surface area (Å²) < 4.78 is 40.2. The highest BCUT2D eigenvalue weighted by Gasteiger charge is 2.10. The Morgan fingerprint density at radius 2 is 1.72 bits per heavy atom. The van der Waals surface area contributed by atoms with Crippen molar-refractivity contribution < 1.29 is 23.0 Å². The summed E-state index contributed by atoms with van der Waals surface area (Å²) in [5, 5.41) is 6.26. The molecule has 6 nitrogen and oxygen atoms in total. The van der Waals surface area contributed by atoms with E-state index in [0.717, 1.165) is 5.56 Å². The molecule has 0 aliphatic rings. The first-order chi connectivity index (χ1) is 13.6. The second-order valence-corrected chi connectivity index (χ2v) is 5.72. The predicted molar refractivity (Wildman–Crippen MR) is 120 cm³/mol. The number of benzene rings is 2. The van der Waals surface area contributed by atoms with E-state index in [2.05, 4.69) is 20.4 Å². The summed E-state index contributed by atoms with van der Waals surface area (Å²) in [4.78, 5) is 4.53. The second kappa shape index (κ2) is 13.0. The van der Waals surface area contributed by atoms with E-state index in [1.54, 1.807) is 32.4 Å². The van der Waals surface area contributed by atoms with E-state index < -0.39 is 6.61 Å². The third-order valence-corrected chi connectivity index (χ3v) is 3.85. The van der Waals surface area contributed by atoms with Gasteiger partial charge in [-0.05, 0) is 30.7 Å². The number of aliphatic imine (C=N–C) groups is 1. The van der Waals surface area contributed by atoms with Gasteiger partial charge in [0, 0.05) is 18.7 Å². The molecule has 0 aromatic heterocycles. The number of alkyl halides is 2. The molecule has 2 aromatic carbocycles. The van der Waals surface area contributed by atoms with Crippen LogP contribution in [0.1, 0.15) is 18.1 Å². The van der Waals surface area contributed by atoms with Crippen molar-refractivity contribution in [2.24, 2.45) is 4.99 Å². The molecule has 2 rings (SSSR count). The quantitative estimate of drug-likeness (QED) is 0.295. The first-order valence-electron chi connectivity index (χ1n) is 8.83. The Kier molecular flexibility index (Phi) is 11.1. The zero-order chi connectivity index (χ0) is 20.4. The second-order valence-electron chi connectivity index (χ2n) is 5.72. The molecule has 0 amide bonds. The van der Waals surface area contributed by atoms with Gasteiger partial charge in [0.25, 0.3) is 0 Å². The van der Waals surface area contributed by atoms with Crippen molar-refractivity contribution in [3.63, 3.8) is 0 Å².